The van der Waals surface area contributed by atoms with E-state index in [1.54, 1.807) is 24.7 Å². The molecule has 8 nitrogen and oxygen atoms in total. The molecule has 168 valence electrons. The van der Waals surface area contributed by atoms with Crippen LogP contribution in [-0.2, 0) is 22.4 Å². The molecule has 0 saturated heterocycles. The molecule has 0 bridgehead atoms. The number of nitrogens with one attached hydrogen (secondary N) is 2. The lowest BCUT2D eigenvalue weighted by atomic mass is 10.1. The van der Waals surface area contributed by atoms with Crippen molar-refractivity contribution in [3.8, 4) is 0 Å². The van der Waals surface area contributed by atoms with E-state index in [0.29, 0.717) is 25.4 Å². The Morgan fingerprint density at radius 2 is 2.13 bits per heavy atom. The number of carbonyl (C=O) groups is 1. The number of aryl methyl sites for hydroxylation is 1. The van der Waals surface area contributed by atoms with Gasteiger partial charge in [-0.2, -0.15) is 4.98 Å². The molecule has 0 fully saturated rings. The summed E-state index contributed by atoms with van der Waals surface area (Å²) >= 11 is 7.74. The zero-order chi connectivity index (χ0) is 22.6. The maximum absolute atomic E-state index is 12.2. The van der Waals surface area contributed by atoms with Crippen molar-refractivity contribution in [2.75, 3.05) is 19.0 Å². The number of aromatic nitrogens is 2. The summed E-state index contributed by atoms with van der Waals surface area (Å²) in [7, 11) is 1.60. The predicted molar refractivity (Wildman–Crippen MR) is 122 cm³/mol. The van der Waals surface area contributed by atoms with Crippen molar-refractivity contribution in [1.82, 2.24) is 15.3 Å². The first-order valence-corrected chi connectivity index (χ1v) is 11.1. The lowest BCUT2D eigenvalue weighted by Crippen LogP contribution is -2.42. The molecule has 3 aromatic heterocycles. The third kappa shape index (κ3) is 6.32. The predicted octanol–water partition coefficient (Wildman–Crippen LogP) is 4.94. The van der Waals surface area contributed by atoms with E-state index < -0.39 is 11.7 Å². The van der Waals surface area contributed by atoms with Crippen LogP contribution in [0.3, 0.4) is 0 Å². The number of anilines is 1. The second kappa shape index (κ2) is 9.84. The number of fused-ring (bicyclic) bond motifs is 1. The zero-order valence-corrected chi connectivity index (χ0v) is 19.8. The Kier molecular flexibility index (Phi) is 7.40. The summed E-state index contributed by atoms with van der Waals surface area (Å²) in [5, 5.41) is 6.34. The molecular weight excluding hydrogens is 440 g/mol. The molecule has 1 amide bonds. The van der Waals surface area contributed by atoms with Gasteiger partial charge in [0, 0.05) is 18.4 Å². The van der Waals surface area contributed by atoms with Crippen LogP contribution in [0, 0.1) is 6.92 Å². The number of thiophene rings is 1. The Morgan fingerprint density at radius 3 is 2.77 bits per heavy atom. The lowest BCUT2D eigenvalue weighted by Gasteiger charge is -2.23. The number of ether oxygens (including phenoxy) is 2. The van der Waals surface area contributed by atoms with Gasteiger partial charge in [0.15, 0.2) is 0 Å². The van der Waals surface area contributed by atoms with Crippen molar-refractivity contribution in [3.05, 3.63) is 39.9 Å². The van der Waals surface area contributed by atoms with Crippen molar-refractivity contribution in [1.29, 1.82) is 0 Å². The number of hydrogen-bond donors (Lipinski definition) is 2. The maximum Gasteiger partial charge on any atom is 0.407 e. The van der Waals surface area contributed by atoms with Gasteiger partial charge in [0.25, 0.3) is 0 Å². The number of carbonyl (C=O) groups excluding carboxylic acids is 1. The van der Waals surface area contributed by atoms with E-state index in [0.717, 1.165) is 26.4 Å². The minimum atomic E-state index is -0.573. The number of hydrogen-bond acceptors (Lipinski definition) is 8. The minimum absolute atomic E-state index is 0.169. The molecule has 0 saturated carbocycles. The fourth-order valence-corrected chi connectivity index (χ4v) is 4.51. The van der Waals surface area contributed by atoms with Gasteiger partial charge in [0.1, 0.15) is 17.2 Å². The molecule has 2 N–H and O–H groups in total. The van der Waals surface area contributed by atoms with Gasteiger partial charge < -0.3 is 24.5 Å². The average Bonchev–Trinajstić information content (AvgIpc) is 3.28. The SMILES string of the molecule is COCC(Cc1sc2c(NCc3ccco3)nc(Cl)nc2c1C)NC(=O)OC(C)(C)C. The monoisotopic (exact) mass is 466 g/mol. The van der Waals surface area contributed by atoms with Gasteiger partial charge in [-0.05, 0) is 57.0 Å². The van der Waals surface area contributed by atoms with E-state index >= 15 is 0 Å². The van der Waals surface area contributed by atoms with Crippen molar-refractivity contribution < 1.29 is 18.7 Å². The third-order valence-electron chi connectivity index (χ3n) is 4.37. The van der Waals surface area contributed by atoms with Crippen molar-refractivity contribution in [3.63, 3.8) is 0 Å². The fourth-order valence-electron chi connectivity index (χ4n) is 3.06. The molecule has 0 aliphatic rings. The summed E-state index contributed by atoms with van der Waals surface area (Å²) in [4.78, 5) is 22.1. The van der Waals surface area contributed by atoms with Crippen LogP contribution in [0.4, 0.5) is 10.6 Å². The summed E-state index contributed by atoms with van der Waals surface area (Å²) in [5.74, 6) is 1.44. The molecular formula is C21H27ClN4O4S. The Balaban J connectivity index is 1.82. The van der Waals surface area contributed by atoms with Gasteiger partial charge in [-0.15, -0.1) is 11.3 Å². The molecule has 31 heavy (non-hydrogen) atoms. The number of alkyl carbamates (subject to hydrolysis) is 1. The molecule has 0 spiro atoms. The smallest absolute Gasteiger partial charge is 0.407 e. The summed E-state index contributed by atoms with van der Waals surface area (Å²) in [6.07, 6.45) is 1.72. The summed E-state index contributed by atoms with van der Waals surface area (Å²) in [6, 6.07) is 3.46. The van der Waals surface area contributed by atoms with Crippen LogP contribution in [0.1, 0.15) is 37.0 Å². The van der Waals surface area contributed by atoms with Crippen LogP contribution < -0.4 is 10.6 Å². The Morgan fingerprint density at radius 1 is 1.35 bits per heavy atom. The van der Waals surface area contributed by atoms with E-state index in [-0.39, 0.29) is 11.3 Å². The van der Waals surface area contributed by atoms with Crippen molar-refractivity contribution >= 4 is 45.1 Å². The maximum atomic E-state index is 12.2. The topological polar surface area (TPSA) is 98.5 Å². The molecule has 0 aliphatic carbocycles. The van der Waals surface area contributed by atoms with Crippen LogP contribution in [0.25, 0.3) is 10.2 Å². The molecule has 1 atom stereocenters. The third-order valence-corrected chi connectivity index (χ3v) is 5.85. The normalized spacial score (nSPS) is 12.7. The van der Waals surface area contributed by atoms with Crippen LogP contribution in [0.2, 0.25) is 5.28 Å². The molecule has 3 aromatic rings. The molecule has 3 rings (SSSR count). The highest BCUT2D eigenvalue weighted by atomic mass is 35.5. The standard InChI is InChI=1S/C21H27ClN4O4S/c1-12-15(9-13(11-28-5)24-20(27)30-21(2,3)4)31-17-16(12)25-19(22)26-18(17)23-10-14-7-6-8-29-14/h6-8,13H,9-11H2,1-5H3,(H,24,27)(H,23,25,26). The number of furan rings is 1. The highest BCUT2D eigenvalue weighted by molar-refractivity contribution is 7.19. The molecule has 0 aliphatic heterocycles. The quantitative estimate of drug-likeness (QED) is 0.453. The first-order valence-electron chi connectivity index (χ1n) is 9.86. The minimum Gasteiger partial charge on any atom is -0.467 e. The van der Waals surface area contributed by atoms with E-state index in [9.17, 15) is 4.79 Å². The van der Waals surface area contributed by atoms with Crippen LogP contribution >= 0.6 is 22.9 Å². The van der Waals surface area contributed by atoms with Crippen LogP contribution in [0.5, 0.6) is 0 Å². The number of methoxy groups -OCH3 is 1. The summed E-state index contributed by atoms with van der Waals surface area (Å²) in [6.45, 7) is 8.30. The number of halogens is 1. The van der Waals surface area contributed by atoms with Crippen LogP contribution in [0.15, 0.2) is 22.8 Å². The van der Waals surface area contributed by atoms with Gasteiger partial charge in [-0.3, -0.25) is 0 Å². The molecule has 3 heterocycles. The molecule has 1 unspecified atom stereocenters. The van der Waals surface area contributed by atoms with E-state index in [1.807, 2.05) is 39.8 Å². The lowest BCUT2D eigenvalue weighted by molar-refractivity contribution is 0.0469. The van der Waals surface area contributed by atoms with E-state index in [4.69, 9.17) is 25.5 Å². The number of amides is 1. The van der Waals surface area contributed by atoms with Gasteiger partial charge in [-0.25, -0.2) is 9.78 Å². The Hall–Kier alpha value is -2.36. The van der Waals surface area contributed by atoms with Crippen molar-refractivity contribution in [2.24, 2.45) is 0 Å². The molecule has 0 radical (unpaired) electrons. The second-order valence-corrected chi connectivity index (χ2v) is 9.55. The first-order chi connectivity index (χ1) is 14.7. The van der Waals surface area contributed by atoms with Crippen molar-refractivity contribution in [2.45, 2.75) is 52.3 Å². The molecule has 10 heteroatoms. The van der Waals surface area contributed by atoms with E-state index in [2.05, 4.69) is 20.6 Å². The largest absolute Gasteiger partial charge is 0.467 e. The summed E-state index contributed by atoms with van der Waals surface area (Å²) < 4.78 is 17.0. The number of rotatable bonds is 8. The fraction of sp³-hybridized carbons (Fsp3) is 0.476. The second-order valence-electron chi connectivity index (χ2n) is 8.10. The highest BCUT2D eigenvalue weighted by Crippen LogP contribution is 2.35. The van der Waals surface area contributed by atoms with Crippen LogP contribution in [-0.4, -0.2) is 41.4 Å². The van der Waals surface area contributed by atoms with Gasteiger partial charge in [0.2, 0.25) is 5.28 Å². The summed E-state index contributed by atoms with van der Waals surface area (Å²) in [5.41, 5.74) is 1.21. The molecule has 0 aromatic carbocycles. The first kappa shape index (κ1) is 23.3. The van der Waals surface area contributed by atoms with E-state index in [1.165, 1.54) is 0 Å². The average molecular weight is 467 g/mol. The number of nitrogens with zero attached hydrogens (tertiary/aromatic N) is 2. The van der Waals surface area contributed by atoms with Gasteiger partial charge >= 0.3 is 6.09 Å². The Bertz CT molecular complexity index is 1030. The van der Waals surface area contributed by atoms with Gasteiger partial charge in [-0.1, -0.05) is 0 Å². The van der Waals surface area contributed by atoms with Gasteiger partial charge in [0.05, 0.1) is 35.7 Å². The Labute approximate surface area is 190 Å². The zero-order valence-electron chi connectivity index (χ0n) is 18.2. The highest BCUT2D eigenvalue weighted by Gasteiger charge is 2.23.